The molecule has 0 fully saturated rings. The van der Waals surface area contributed by atoms with Gasteiger partial charge in [-0.3, -0.25) is 0 Å². The van der Waals surface area contributed by atoms with Crippen LogP contribution in [-0.4, -0.2) is 29.8 Å². The van der Waals surface area contributed by atoms with Gasteiger partial charge in [-0.15, -0.1) is 0 Å². The molecular formula is C12H21N3O. The van der Waals surface area contributed by atoms with Crippen molar-refractivity contribution in [2.45, 2.75) is 26.3 Å². The van der Waals surface area contributed by atoms with E-state index in [0.717, 1.165) is 30.9 Å². The molecule has 0 aliphatic heterocycles. The zero-order valence-electron chi connectivity index (χ0n) is 10.1. The van der Waals surface area contributed by atoms with E-state index in [1.165, 1.54) is 0 Å². The van der Waals surface area contributed by atoms with Gasteiger partial charge in [-0.05, 0) is 31.9 Å². The summed E-state index contributed by atoms with van der Waals surface area (Å²) in [4.78, 5) is 6.53. The molecule has 0 unspecified atom stereocenters. The Morgan fingerprint density at radius 1 is 1.50 bits per heavy atom. The molecule has 1 aromatic heterocycles. The highest BCUT2D eigenvalue weighted by Crippen LogP contribution is 2.14. The van der Waals surface area contributed by atoms with Crippen LogP contribution < -0.4 is 10.6 Å². The van der Waals surface area contributed by atoms with Crippen LogP contribution in [0, 0.1) is 0 Å². The van der Waals surface area contributed by atoms with Crippen molar-refractivity contribution in [1.29, 1.82) is 0 Å². The van der Waals surface area contributed by atoms with Gasteiger partial charge in [-0.25, -0.2) is 4.98 Å². The first-order valence-corrected chi connectivity index (χ1v) is 5.76. The SMILES string of the molecule is CCN(CCCO)c1ccc([C@@H](C)N)cn1. The van der Waals surface area contributed by atoms with Gasteiger partial charge >= 0.3 is 0 Å². The van der Waals surface area contributed by atoms with E-state index in [-0.39, 0.29) is 12.6 Å². The second-order valence-electron chi connectivity index (χ2n) is 3.90. The Morgan fingerprint density at radius 3 is 2.69 bits per heavy atom. The van der Waals surface area contributed by atoms with Crippen molar-refractivity contribution in [1.82, 2.24) is 4.98 Å². The first-order valence-electron chi connectivity index (χ1n) is 5.76. The van der Waals surface area contributed by atoms with Crippen LogP contribution in [0.5, 0.6) is 0 Å². The fourth-order valence-electron chi connectivity index (χ4n) is 1.55. The molecule has 0 amide bonds. The topological polar surface area (TPSA) is 62.4 Å². The Balaban J connectivity index is 2.70. The summed E-state index contributed by atoms with van der Waals surface area (Å²) in [5.74, 6) is 0.945. The van der Waals surface area contributed by atoms with Gasteiger partial charge in [-0.1, -0.05) is 6.07 Å². The monoisotopic (exact) mass is 223 g/mol. The maximum Gasteiger partial charge on any atom is 0.128 e. The Bertz CT molecular complexity index is 298. The molecule has 0 saturated carbocycles. The van der Waals surface area contributed by atoms with Crippen LogP contribution >= 0.6 is 0 Å². The van der Waals surface area contributed by atoms with Gasteiger partial charge in [0.2, 0.25) is 0 Å². The molecule has 0 aliphatic carbocycles. The average Bonchev–Trinajstić information content (AvgIpc) is 2.30. The maximum atomic E-state index is 8.81. The summed E-state index contributed by atoms with van der Waals surface area (Å²) in [6.45, 7) is 5.97. The molecule has 1 rings (SSSR count). The van der Waals surface area contributed by atoms with E-state index in [9.17, 15) is 0 Å². The lowest BCUT2D eigenvalue weighted by molar-refractivity contribution is 0.289. The van der Waals surface area contributed by atoms with Crippen LogP contribution in [0.3, 0.4) is 0 Å². The first-order chi connectivity index (χ1) is 7.69. The van der Waals surface area contributed by atoms with Gasteiger partial charge < -0.3 is 15.7 Å². The minimum absolute atomic E-state index is 0.0223. The van der Waals surface area contributed by atoms with Crippen LogP contribution in [0.25, 0.3) is 0 Å². The summed E-state index contributed by atoms with van der Waals surface area (Å²) in [7, 11) is 0. The number of aliphatic hydroxyl groups excluding tert-OH is 1. The van der Waals surface area contributed by atoms with Crippen molar-refractivity contribution in [3.8, 4) is 0 Å². The molecule has 1 aromatic rings. The molecule has 0 aromatic carbocycles. The van der Waals surface area contributed by atoms with Gasteiger partial charge in [0.1, 0.15) is 5.82 Å². The van der Waals surface area contributed by atoms with Crippen molar-refractivity contribution >= 4 is 5.82 Å². The third-order valence-corrected chi connectivity index (χ3v) is 2.59. The Labute approximate surface area is 97.1 Å². The van der Waals surface area contributed by atoms with Gasteiger partial charge in [0.15, 0.2) is 0 Å². The summed E-state index contributed by atoms with van der Waals surface area (Å²) < 4.78 is 0. The predicted octanol–water partition coefficient (Wildman–Crippen LogP) is 1.31. The minimum Gasteiger partial charge on any atom is -0.396 e. The standard InChI is InChI=1S/C12H21N3O/c1-3-15(7-4-8-16)12-6-5-11(9-14-12)10(2)13/h5-6,9-10,16H,3-4,7-8,13H2,1-2H3/t10-/m1/s1. The molecule has 0 bridgehead atoms. The number of aromatic nitrogens is 1. The second kappa shape index (κ2) is 6.45. The lowest BCUT2D eigenvalue weighted by atomic mass is 10.1. The molecule has 1 heterocycles. The van der Waals surface area contributed by atoms with Crippen molar-refractivity contribution in [3.63, 3.8) is 0 Å². The van der Waals surface area contributed by atoms with Crippen LogP contribution in [0.1, 0.15) is 31.9 Å². The van der Waals surface area contributed by atoms with E-state index in [0.29, 0.717) is 0 Å². The van der Waals surface area contributed by atoms with Crippen LogP contribution in [0.4, 0.5) is 5.82 Å². The third-order valence-electron chi connectivity index (χ3n) is 2.59. The highest BCUT2D eigenvalue weighted by atomic mass is 16.3. The van der Waals surface area contributed by atoms with Gasteiger partial charge in [0.05, 0.1) is 0 Å². The van der Waals surface area contributed by atoms with Crippen LogP contribution in [0.2, 0.25) is 0 Å². The first kappa shape index (κ1) is 12.9. The normalized spacial score (nSPS) is 12.5. The summed E-state index contributed by atoms with van der Waals surface area (Å²) in [5.41, 5.74) is 6.81. The summed E-state index contributed by atoms with van der Waals surface area (Å²) in [6, 6.07) is 4.02. The number of pyridine rings is 1. The zero-order chi connectivity index (χ0) is 12.0. The van der Waals surface area contributed by atoms with E-state index < -0.39 is 0 Å². The van der Waals surface area contributed by atoms with E-state index in [2.05, 4.69) is 16.8 Å². The molecule has 0 aliphatic rings. The molecule has 1 atom stereocenters. The number of nitrogens with zero attached hydrogens (tertiary/aromatic N) is 2. The Hall–Kier alpha value is -1.13. The molecule has 90 valence electrons. The maximum absolute atomic E-state index is 8.81. The molecule has 4 nitrogen and oxygen atoms in total. The van der Waals surface area contributed by atoms with Crippen molar-refractivity contribution < 1.29 is 5.11 Å². The summed E-state index contributed by atoms with van der Waals surface area (Å²) >= 11 is 0. The number of nitrogens with two attached hydrogens (primary N) is 1. The number of hydrogen-bond acceptors (Lipinski definition) is 4. The lowest BCUT2D eigenvalue weighted by Gasteiger charge is -2.21. The molecule has 0 spiro atoms. The van der Waals surface area contributed by atoms with Crippen molar-refractivity contribution in [2.24, 2.45) is 5.73 Å². The molecule has 0 radical (unpaired) electrons. The predicted molar refractivity (Wildman–Crippen MR) is 66.4 cm³/mol. The van der Waals surface area contributed by atoms with Gasteiger partial charge in [0, 0.05) is 31.9 Å². The fraction of sp³-hybridized carbons (Fsp3) is 0.583. The highest BCUT2D eigenvalue weighted by molar-refractivity contribution is 5.39. The van der Waals surface area contributed by atoms with Gasteiger partial charge in [0.25, 0.3) is 0 Å². The molecule has 3 N–H and O–H groups in total. The minimum atomic E-state index is 0.0223. The van der Waals surface area contributed by atoms with E-state index >= 15 is 0 Å². The third kappa shape index (κ3) is 3.47. The summed E-state index contributed by atoms with van der Waals surface area (Å²) in [6.07, 6.45) is 2.59. The van der Waals surface area contributed by atoms with Crippen molar-refractivity contribution in [3.05, 3.63) is 23.9 Å². The molecule has 16 heavy (non-hydrogen) atoms. The smallest absolute Gasteiger partial charge is 0.128 e. The number of anilines is 1. The Morgan fingerprint density at radius 2 is 2.25 bits per heavy atom. The van der Waals surface area contributed by atoms with Crippen LogP contribution in [-0.2, 0) is 0 Å². The molecule has 0 saturated heterocycles. The average molecular weight is 223 g/mol. The Kier molecular flexibility index (Phi) is 5.22. The van der Waals surface area contributed by atoms with E-state index in [1.54, 1.807) is 0 Å². The fourth-order valence-corrected chi connectivity index (χ4v) is 1.55. The molecular weight excluding hydrogens is 202 g/mol. The lowest BCUT2D eigenvalue weighted by Crippen LogP contribution is -2.25. The largest absolute Gasteiger partial charge is 0.396 e. The van der Waals surface area contributed by atoms with Crippen molar-refractivity contribution in [2.75, 3.05) is 24.6 Å². The van der Waals surface area contributed by atoms with Crippen LogP contribution in [0.15, 0.2) is 18.3 Å². The second-order valence-corrected chi connectivity index (χ2v) is 3.90. The number of aliphatic hydroxyl groups is 1. The van der Waals surface area contributed by atoms with E-state index in [4.69, 9.17) is 10.8 Å². The zero-order valence-corrected chi connectivity index (χ0v) is 10.1. The van der Waals surface area contributed by atoms with E-state index in [1.807, 2.05) is 25.3 Å². The molecule has 4 heteroatoms. The number of rotatable bonds is 6. The highest BCUT2D eigenvalue weighted by Gasteiger charge is 2.06. The number of hydrogen-bond donors (Lipinski definition) is 2. The summed E-state index contributed by atoms with van der Waals surface area (Å²) in [5, 5.41) is 8.81. The quantitative estimate of drug-likeness (QED) is 0.763. The van der Waals surface area contributed by atoms with Gasteiger partial charge in [-0.2, -0.15) is 0 Å².